The van der Waals surface area contributed by atoms with Crippen LogP contribution in [0.5, 0.6) is 0 Å². The largest absolute Gasteiger partial charge is 0.381 e. The molecule has 10 atom stereocenters. The van der Waals surface area contributed by atoms with Crippen molar-refractivity contribution >= 4 is 70.9 Å². The second-order valence-corrected chi connectivity index (χ2v) is 30.0. The quantitative estimate of drug-likeness (QED) is 0.200. The van der Waals surface area contributed by atoms with Crippen LogP contribution < -0.4 is 21.3 Å². The van der Waals surface area contributed by atoms with Gasteiger partial charge in [-0.25, -0.2) is 0 Å². The molecule has 0 radical (unpaired) electrons. The molecule has 0 aromatic heterocycles. The highest BCUT2D eigenvalue weighted by Gasteiger charge is 2.45. The number of amides is 12. The minimum atomic E-state index is -1.68. The van der Waals surface area contributed by atoms with E-state index in [9.17, 15) is 38.4 Å². The van der Waals surface area contributed by atoms with Gasteiger partial charge < -0.3 is 65.2 Å². The van der Waals surface area contributed by atoms with Gasteiger partial charge in [0.1, 0.15) is 41.8 Å². The van der Waals surface area contributed by atoms with Gasteiger partial charge in [-0.1, -0.05) is 86.0 Å². The summed E-state index contributed by atoms with van der Waals surface area (Å²) in [6.07, 6.45) is 19.4. The van der Waals surface area contributed by atoms with E-state index in [0.29, 0.717) is 45.2 Å². The Hall–Kier alpha value is -6.84. The zero-order valence-electron chi connectivity index (χ0n) is 61.3. The number of nitrogens with one attached hydrogen (secondary N) is 4. The SMILES string of the molecule is C#CC1CCCC(C[C@@H]2NC(=O)CN(C)C(=O)[C@H](CC3CCCCC3)N(C)C(=O)CN(C)C(=O)CN(C)C(=O)[C@H]([C@@H](C)CC)NC(=O)[C@H](C)CN(C)C(=O)C[C@@H](C(=O)N3CCCCC3)N(C)C(=O)[C@H](CC(C)C)NC(=O)C(C)(C)N(C)C(=O)[C@H](CC3CCC(OC)CC3)NC2=O)C1. The van der Waals surface area contributed by atoms with Crippen molar-refractivity contribution in [3.63, 3.8) is 0 Å². The Morgan fingerprint density at radius 2 is 1.18 bits per heavy atom. The Morgan fingerprint density at radius 3 is 1.78 bits per heavy atom. The minimum absolute atomic E-state index is 0.0228. The van der Waals surface area contributed by atoms with Gasteiger partial charge in [0.15, 0.2) is 0 Å². The van der Waals surface area contributed by atoms with Crippen LogP contribution in [-0.2, 0) is 62.3 Å². The number of likely N-dealkylation sites (tertiary alicyclic amines) is 1. The molecule has 5 aliphatic rings. The van der Waals surface area contributed by atoms with Crippen molar-refractivity contribution < 1.29 is 62.3 Å². The van der Waals surface area contributed by atoms with Crippen molar-refractivity contribution in [2.24, 2.45) is 41.4 Å². The number of nitrogens with zero attached hydrogens (tertiary/aromatic N) is 8. The molecule has 25 nitrogen and oxygen atoms in total. The fourth-order valence-corrected chi connectivity index (χ4v) is 14.5. The molecule has 4 N–H and O–H groups in total. The van der Waals surface area contributed by atoms with E-state index in [1.165, 1.54) is 97.5 Å². The minimum Gasteiger partial charge on any atom is -0.381 e. The van der Waals surface area contributed by atoms with Gasteiger partial charge in [0, 0.05) is 82.0 Å². The Bertz CT molecular complexity index is 2770. The Morgan fingerprint density at radius 1 is 0.588 bits per heavy atom. The van der Waals surface area contributed by atoms with Crippen LogP contribution in [0.15, 0.2) is 0 Å². The van der Waals surface area contributed by atoms with Crippen molar-refractivity contribution in [1.29, 1.82) is 0 Å². The van der Waals surface area contributed by atoms with Crippen molar-refractivity contribution in [2.75, 3.05) is 95.7 Å². The van der Waals surface area contributed by atoms with Crippen LogP contribution in [0.4, 0.5) is 0 Å². The van der Waals surface area contributed by atoms with Crippen LogP contribution in [0.25, 0.3) is 0 Å². The molecule has 5 rings (SSSR count). The number of hydrogen-bond donors (Lipinski definition) is 4. The van der Waals surface area contributed by atoms with Crippen molar-refractivity contribution in [2.45, 2.75) is 238 Å². The topological polar surface area (TPSA) is 288 Å². The van der Waals surface area contributed by atoms with Crippen LogP contribution in [0, 0.1) is 53.8 Å². The van der Waals surface area contributed by atoms with Gasteiger partial charge in [-0.05, 0) is 127 Å². The van der Waals surface area contributed by atoms with E-state index >= 15 is 19.2 Å². The zero-order valence-corrected chi connectivity index (χ0v) is 61.3. The van der Waals surface area contributed by atoms with Gasteiger partial charge in [-0.15, -0.1) is 12.3 Å². The van der Waals surface area contributed by atoms with Crippen LogP contribution in [0.2, 0.25) is 0 Å². The van der Waals surface area contributed by atoms with E-state index in [2.05, 4.69) is 27.2 Å². The number of rotatable bonds is 12. The maximum absolute atomic E-state index is 15.4. The van der Waals surface area contributed by atoms with E-state index in [4.69, 9.17) is 11.2 Å². The number of terminal acetylenes is 1. The van der Waals surface area contributed by atoms with Crippen LogP contribution >= 0.6 is 0 Å². The molecule has 0 spiro atoms. The molecule has 97 heavy (non-hydrogen) atoms. The summed E-state index contributed by atoms with van der Waals surface area (Å²) >= 11 is 0. The number of carbonyl (C=O) groups excluding carboxylic acids is 12. The molecule has 0 aromatic rings. The summed E-state index contributed by atoms with van der Waals surface area (Å²) in [5, 5.41) is 11.8. The Balaban J connectivity index is 1.58. The molecule has 546 valence electrons. The summed E-state index contributed by atoms with van der Waals surface area (Å²) in [5.41, 5.74) is -1.68. The average Bonchev–Trinajstić information content (AvgIpc) is 0.833. The lowest BCUT2D eigenvalue weighted by Crippen LogP contribution is -2.63. The first-order chi connectivity index (χ1) is 45.7. The number of likely N-dealkylation sites (N-methyl/N-ethyl adjacent to an activating group) is 6. The van der Waals surface area contributed by atoms with E-state index in [1.807, 2.05) is 20.8 Å². The van der Waals surface area contributed by atoms with Gasteiger partial charge in [0.25, 0.3) is 0 Å². The maximum Gasteiger partial charge on any atom is 0.246 e. The molecule has 2 unspecified atom stereocenters. The van der Waals surface area contributed by atoms with E-state index in [-0.39, 0.29) is 61.5 Å². The Kier molecular flexibility index (Phi) is 31.6. The fourth-order valence-electron chi connectivity index (χ4n) is 14.5. The lowest BCUT2D eigenvalue weighted by atomic mass is 9.78. The molecule has 2 aliphatic heterocycles. The monoisotopic (exact) mass is 1360 g/mol. The summed E-state index contributed by atoms with van der Waals surface area (Å²) < 4.78 is 5.69. The average molecular weight is 1360 g/mol. The van der Waals surface area contributed by atoms with Crippen LogP contribution in [0.1, 0.15) is 190 Å². The number of carbonyl (C=O) groups is 12. The summed E-state index contributed by atoms with van der Waals surface area (Å²) in [4.78, 5) is 186. The highest BCUT2D eigenvalue weighted by Crippen LogP contribution is 2.34. The molecule has 5 fully saturated rings. The lowest BCUT2D eigenvalue weighted by molar-refractivity contribution is -0.151. The van der Waals surface area contributed by atoms with Gasteiger partial charge >= 0.3 is 0 Å². The lowest BCUT2D eigenvalue weighted by Gasteiger charge is -2.40. The fraction of sp³-hybridized carbons (Fsp3) is 0.806. The smallest absolute Gasteiger partial charge is 0.246 e. The maximum atomic E-state index is 15.4. The third-order valence-corrected chi connectivity index (χ3v) is 21.7. The molecule has 3 saturated carbocycles. The molecule has 12 amide bonds. The first-order valence-corrected chi connectivity index (χ1v) is 36.0. The van der Waals surface area contributed by atoms with E-state index in [0.717, 1.165) is 83.5 Å². The standard InChI is InChI=1S/C72H120N12O13/c1-17-47(5)63-70(95)80(12)44-61(87)78(10)45-62(88)81(13)57(40-50-26-21-19-22-27-50)68(93)79(11)43-59(85)73-54(39-52-29-25-28-49(18-2)37-52)65(90)74-56(38-51-30-32-53(97-16)33-31-51)67(92)83(15)72(7,8)71(96)75-55(36-46(3)4)66(91)82(14)58(69(94)84-34-23-20-24-35-84)41-60(86)77(9)42-48(6)64(89)76-63/h2,46-58,63H,17,19-45H2,1,3-16H3,(H,73,85)(H,74,90)(H,75,96)(H,76,89)/t47-,48+,49?,51?,52?,53?,54-,55-,56-,57-,58-,63-/m0/s1. The number of hydrogen-bond acceptors (Lipinski definition) is 13. The summed E-state index contributed by atoms with van der Waals surface area (Å²) in [6, 6.07) is -7.13. The predicted octanol–water partition coefficient (Wildman–Crippen LogP) is 4.19. The highest BCUT2D eigenvalue weighted by molar-refractivity contribution is 5.99. The summed E-state index contributed by atoms with van der Waals surface area (Å²) in [6.45, 7) is 11.3. The van der Waals surface area contributed by atoms with Crippen molar-refractivity contribution in [3.05, 3.63) is 0 Å². The molecule has 25 heteroatoms. The molecular weight excluding hydrogens is 1240 g/mol. The molecule has 2 saturated heterocycles. The normalized spacial score (nSPS) is 29.7. The Labute approximate surface area is 578 Å². The van der Waals surface area contributed by atoms with Crippen LogP contribution in [0.3, 0.4) is 0 Å². The van der Waals surface area contributed by atoms with E-state index in [1.54, 1.807) is 25.9 Å². The van der Waals surface area contributed by atoms with E-state index < -0.39 is 151 Å². The molecule has 0 aromatic carbocycles. The van der Waals surface area contributed by atoms with Gasteiger partial charge in [0.2, 0.25) is 70.9 Å². The third-order valence-electron chi connectivity index (χ3n) is 21.7. The van der Waals surface area contributed by atoms with Crippen molar-refractivity contribution in [3.8, 4) is 12.3 Å². The van der Waals surface area contributed by atoms with Crippen molar-refractivity contribution in [1.82, 2.24) is 60.5 Å². The third kappa shape index (κ3) is 23.1. The predicted molar refractivity (Wildman–Crippen MR) is 369 cm³/mol. The zero-order chi connectivity index (χ0) is 72.2. The summed E-state index contributed by atoms with van der Waals surface area (Å²) in [7, 11) is 11.8. The molecule has 0 bridgehead atoms. The second kappa shape index (κ2) is 37.9. The van der Waals surface area contributed by atoms with Gasteiger partial charge in [-0.2, -0.15) is 0 Å². The number of ether oxygens (including phenoxy) is 1. The first kappa shape index (κ1) is 80.8. The number of piperidine rings is 1. The van der Waals surface area contributed by atoms with Gasteiger partial charge in [0.05, 0.1) is 38.1 Å². The molecular formula is C72H120N12O13. The first-order valence-electron chi connectivity index (χ1n) is 36.0. The highest BCUT2D eigenvalue weighted by atomic mass is 16.5. The van der Waals surface area contributed by atoms with Gasteiger partial charge in [-0.3, -0.25) is 57.5 Å². The molecule has 2 heterocycles. The van der Waals surface area contributed by atoms with Crippen LogP contribution in [-0.4, -0.2) is 254 Å². The second-order valence-electron chi connectivity index (χ2n) is 30.0. The number of methoxy groups -OCH3 is 1. The summed E-state index contributed by atoms with van der Waals surface area (Å²) in [5.74, 6) is -5.81. The molecule has 3 aliphatic carbocycles.